The van der Waals surface area contributed by atoms with Crippen LogP contribution in [0.15, 0.2) is 65.8 Å². The van der Waals surface area contributed by atoms with Crippen molar-refractivity contribution in [3.8, 4) is 0 Å². The van der Waals surface area contributed by atoms with Crippen molar-refractivity contribution in [3.05, 3.63) is 66.2 Å². The molecule has 0 spiro atoms. The van der Waals surface area contributed by atoms with E-state index in [0.29, 0.717) is 19.3 Å². The van der Waals surface area contributed by atoms with Crippen molar-refractivity contribution in [1.29, 1.82) is 0 Å². The lowest BCUT2D eigenvalue weighted by Gasteiger charge is -2.05. The molecule has 1 N–H and O–H groups in total. The van der Waals surface area contributed by atoms with Crippen molar-refractivity contribution >= 4 is 23.4 Å². The molecule has 1 aromatic heterocycles. The van der Waals surface area contributed by atoms with Gasteiger partial charge in [0.25, 0.3) is 0 Å². The van der Waals surface area contributed by atoms with Gasteiger partial charge in [-0.2, -0.15) is 4.98 Å². The van der Waals surface area contributed by atoms with E-state index in [1.165, 1.54) is 5.56 Å². The van der Waals surface area contributed by atoms with Crippen LogP contribution in [0.2, 0.25) is 0 Å². The summed E-state index contributed by atoms with van der Waals surface area (Å²) in [6.45, 7) is 3.01. The summed E-state index contributed by atoms with van der Waals surface area (Å²) in [6, 6.07) is 20.2. The third-order valence-corrected chi connectivity index (χ3v) is 4.33. The molecule has 0 radical (unpaired) electrons. The van der Waals surface area contributed by atoms with Gasteiger partial charge in [-0.1, -0.05) is 60.3 Å². The fourth-order valence-electron chi connectivity index (χ4n) is 2.12. The third kappa shape index (κ3) is 4.59. The number of benzene rings is 2. The summed E-state index contributed by atoms with van der Waals surface area (Å²) in [5, 5.41) is 8.57. The van der Waals surface area contributed by atoms with Crippen LogP contribution in [0.4, 0.5) is 11.6 Å². The Bertz CT molecular complexity index is 746. The Labute approximate surface area is 146 Å². The van der Waals surface area contributed by atoms with Crippen LogP contribution in [-0.4, -0.2) is 21.4 Å². The summed E-state index contributed by atoms with van der Waals surface area (Å²) >= 11 is 1.65. The maximum Gasteiger partial charge on any atom is 0.247 e. The Morgan fingerprint density at radius 2 is 1.75 bits per heavy atom. The van der Waals surface area contributed by atoms with E-state index >= 15 is 0 Å². The monoisotopic (exact) mass is 340 g/mol. The van der Waals surface area contributed by atoms with Crippen molar-refractivity contribution in [2.75, 3.05) is 11.9 Å². The topological polar surface area (TPSA) is 52.0 Å². The molecule has 0 saturated carbocycles. The van der Waals surface area contributed by atoms with Gasteiger partial charge in [-0.05, 0) is 24.6 Å². The minimum absolute atomic E-state index is 0.400. The first-order valence-electron chi connectivity index (χ1n) is 7.86. The lowest BCUT2D eigenvalue weighted by Crippen LogP contribution is -2.06. The number of hydrogen-bond acceptors (Lipinski definition) is 5. The molecule has 0 bridgehead atoms. The molecule has 0 aliphatic heterocycles. The summed E-state index contributed by atoms with van der Waals surface area (Å²) in [5.74, 6) is 1.42. The van der Waals surface area contributed by atoms with Gasteiger partial charge in [0, 0.05) is 18.0 Å². The summed E-state index contributed by atoms with van der Waals surface area (Å²) < 4.78 is 7.29. The smallest absolute Gasteiger partial charge is 0.247 e. The summed E-state index contributed by atoms with van der Waals surface area (Å²) in [7, 11) is 0. The SMILES string of the molecule is CCOCn1nc(Nc2ccccc2)nc1SCc1ccccc1. The molecule has 0 aliphatic rings. The van der Waals surface area contributed by atoms with Gasteiger partial charge >= 0.3 is 0 Å². The molecule has 0 saturated heterocycles. The molecule has 0 amide bonds. The van der Waals surface area contributed by atoms with Crippen LogP contribution < -0.4 is 5.32 Å². The van der Waals surface area contributed by atoms with Crippen molar-refractivity contribution < 1.29 is 4.74 Å². The summed E-state index contributed by atoms with van der Waals surface area (Å²) in [4.78, 5) is 4.60. The summed E-state index contributed by atoms with van der Waals surface area (Å²) in [6.07, 6.45) is 0. The third-order valence-electron chi connectivity index (χ3n) is 3.30. The van der Waals surface area contributed by atoms with Crippen LogP contribution in [0.3, 0.4) is 0 Å². The number of rotatable bonds is 8. The number of nitrogens with one attached hydrogen (secondary N) is 1. The molecule has 5 nitrogen and oxygen atoms in total. The molecule has 2 aromatic carbocycles. The Morgan fingerprint density at radius 3 is 2.46 bits per heavy atom. The van der Waals surface area contributed by atoms with Crippen molar-refractivity contribution in [3.63, 3.8) is 0 Å². The fraction of sp³-hybridized carbons (Fsp3) is 0.222. The highest BCUT2D eigenvalue weighted by molar-refractivity contribution is 7.98. The van der Waals surface area contributed by atoms with Crippen LogP contribution in [0.25, 0.3) is 0 Å². The molecule has 0 aliphatic carbocycles. The van der Waals surface area contributed by atoms with Gasteiger partial charge < -0.3 is 10.1 Å². The molecule has 3 rings (SSSR count). The molecule has 0 atom stereocenters. The maximum atomic E-state index is 5.50. The van der Waals surface area contributed by atoms with Gasteiger partial charge in [0.05, 0.1) is 0 Å². The molecule has 0 unspecified atom stereocenters. The van der Waals surface area contributed by atoms with Crippen LogP contribution >= 0.6 is 11.8 Å². The van der Waals surface area contributed by atoms with E-state index in [-0.39, 0.29) is 0 Å². The molecule has 3 aromatic rings. The van der Waals surface area contributed by atoms with Gasteiger partial charge in [-0.25, -0.2) is 4.68 Å². The average Bonchev–Trinajstić information content (AvgIpc) is 3.01. The van der Waals surface area contributed by atoms with E-state index in [2.05, 4.69) is 27.5 Å². The van der Waals surface area contributed by atoms with Crippen LogP contribution in [0.5, 0.6) is 0 Å². The zero-order chi connectivity index (χ0) is 16.6. The number of nitrogens with zero attached hydrogens (tertiary/aromatic N) is 3. The Kier molecular flexibility index (Phi) is 5.87. The molecular weight excluding hydrogens is 320 g/mol. The number of para-hydroxylation sites is 1. The maximum absolute atomic E-state index is 5.50. The van der Waals surface area contributed by atoms with Crippen LogP contribution in [0.1, 0.15) is 12.5 Å². The molecule has 24 heavy (non-hydrogen) atoms. The molecular formula is C18H20N4OS. The van der Waals surface area contributed by atoms with Gasteiger partial charge in [0.2, 0.25) is 5.95 Å². The van der Waals surface area contributed by atoms with Crippen molar-refractivity contribution in [2.24, 2.45) is 0 Å². The van der Waals surface area contributed by atoms with E-state index in [1.807, 2.05) is 55.5 Å². The number of ether oxygens (including phenoxy) is 1. The van der Waals surface area contributed by atoms with E-state index in [1.54, 1.807) is 16.4 Å². The zero-order valence-corrected chi connectivity index (χ0v) is 14.4. The van der Waals surface area contributed by atoms with Gasteiger partial charge in [0.1, 0.15) is 6.73 Å². The minimum Gasteiger partial charge on any atom is -0.359 e. The van der Waals surface area contributed by atoms with Gasteiger partial charge in [0.15, 0.2) is 5.16 Å². The van der Waals surface area contributed by atoms with Crippen molar-refractivity contribution in [2.45, 2.75) is 24.6 Å². The first-order chi connectivity index (χ1) is 11.8. The lowest BCUT2D eigenvalue weighted by atomic mass is 10.2. The normalized spacial score (nSPS) is 10.7. The van der Waals surface area contributed by atoms with Gasteiger partial charge in [-0.15, -0.1) is 5.10 Å². The highest BCUT2D eigenvalue weighted by Gasteiger charge is 2.11. The first-order valence-corrected chi connectivity index (χ1v) is 8.85. The van der Waals surface area contributed by atoms with E-state index < -0.39 is 0 Å². The Balaban J connectivity index is 1.73. The van der Waals surface area contributed by atoms with Gasteiger partial charge in [-0.3, -0.25) is 0 Å². The molecule has 124 valence electrons. The van der Waals surface area contributed by atoms with E-state index in [4.69, 9.17) is 4.74 Å². The second kappa shape index (κ2) is 8.52. The van der Waals surface area contributed by atoms with Crippen LogP contribution in [-0.2, 0) is 17.2 Å². The van der Waals surface area contributed by atoms with Crippen molar-refractivity contribution in [1.82, 2.24) is 14.8 Å². The summed E-state index contributed by atoms with van der Waals surface area (Å²) in [5.41, 5.74) is 2.22. The average molecular weight is 340 g/mol. The molecule has 0 fully saturated rings. The predicted octanol–water partition coefficient (Wildman–Crippen LogP) is 4.31. The quantitative estimate of drug-likeness (QED) is 0.619. The number of thioether (sulfide) groups is 1. The van der Waals surface area contributed by atoms with E-state index in [0.717, 1.165) is 16.6 Å². The standard InChI is InChI=1S/C18H20N4OS/c1-2-23-14-22-18(24-13-15-9-5-3-6-10-15)20-17(21-22)19-16-11-7-4-8-12-16/h3-12H,2,13-14H2,1H3,(H,19,21). The molecule has 6 heteroatoms. The fourth-order valence-corrected chi connectivity index (χ4v) is 3.00. The number of aromatic nitrogens is 3. The Hall–Kier alpha value is -2.31. The van der Waals surface area contributed by atoms with E-state index in [9.17, 15) is 0 Å². The zero-order valence-electron chi connectivity index (χ0n) is 13.6. The number of hydrogen-bond donors (Lipinski definition) is 1. The number of anilines is 2. The highest BCUT2D eigenvalue weighted by Crippen LogP contribution is 2.23. The minimum atomic E-state index is 0.400. The second-order valence-corrected chi connectivity index (χ2v) is 6.05. The molecule has 1 heterocycles. The predicted molar refractivity (Wildman–Crippen MR) is 97.4 cm³/mol. The Morgan fingerprint density at radius 1 is 1.04 bits per heavy atom. The largest absolute Gasteiger partial charge is 0.359 e. The highest BCUT2D eigenvalue weighted by atomic mass is 32.2. The second-order valence-electron chi connectivity index (χ2n) is 5.10. The lowest BCUT2D eigenvalue weighted by molar-refractivity contribution is 0.0726. The van der Waals surface area contributed by atoms with Crippen LogP contribution in [0, 0.1) is 0 Å². The first kappa shape index (κ1) is 16.5.